The van der Waals surface area contributed by atoms with Gasteiger partial charge in [-0.3, -0.25) is 5.43 Å². The summed E-state index contributed by atoms with van der Waals surface area (Å²) in [5.41, 5.74) is 5.18. The summed E-state index contributed by atoms with van der Waals surface area (Å²) < 4.78 is 0. The van der Waals surface area contributed by atoms with E-state index in [0.29, 0.717) is 23.3 Å². The maximum atomic E-state index is 5.96. The Balaban J connectivity index is 2.11. The molecule has 8 heteroatoms. The van der Waals surface area contributed by atoms with Gasteiger partial charge in [-0.05, 0) is 6.92 Å². The second-order valence-corrected chi connectivity index (χ2v) is 4.60. The van der Waals surface area contributed by atoms with Crippen LogP contribution in [0.4, 0.5) is 11.8 Å². The first-order valence-electron chi connectivity index (χ1n) is 4.82. The van der Waals surface area contributed by atoms with Gasteiger partial charge >= 0.3 is 0 Å². The molecule has 2 aromatic heterocycles. The van der Waals surface area contributed by atoms with E-state index in [-0.39, 0.29) is 0 Å². The van der Waals surface area contributed by atoms with Crippen molar-refractivity contribution in [3.8, 4) is 0 Å². The Bertz CT molecular complexity index is 514. The molecule has 0 spiro atoms. The number of rotatable bonds is 4. The summed E-state index contributed by atoms with van der Waals surface area (Å²) in [5.74, 6) is 6.09. The van der Waals surface area contributed by atoms with Gasteiger partial charge in [-0.15, -0.1) is 11.3 Å². The van der Waals surface area contributed by atoms with Gasteiger partial charge in [0.1, 0.15) is 5.02 Å². The van der Waals surface area contributed by atoms with E-state index in [1.54, 1.807) is 16.8 Å². The maximum Gasteiger partial charge on any atom is 0.239 e. The van der Waals surface area contributed by atoms with Crippen molar-refractivity contribution in [2.75, 3.05) is 10.7 Å². The predicted octanol–water partition coefficient (Wildman–Crippen LogP) is 1.79. The molecule has 0 unspecified atom stereocenters. The van der Waals surface area contributed by atoms with Crippen molar-refractivity contribution in [2.45, 2.75) is 13.5 Å². The maximum absolute atomic E-state index is 5.96. The van der Waals surface area contributed by atoms with Crippen LogP contribution in [-0.4, -0.2) is 15.0 Å². The van der Waals surface area contributed by atoms with Gasteiger partial charge in [0.05, 0.1) is 23.9 Å². The van der Waals surface area contributed by atoms with Crippen LogP contribution in [0.15, 0.2) is 11.7 Å². The smallest absolute Gasteiger partial charge is 0.239 e. The highest BCUT2D eigenvalue weighted by molar-refractivity contribution is 7.09. The summed E-state index contributed by atoms with van der Waals surface area (Å²) >= 11 is 7.55. The van der Waals surface area contributed by atoms with Crippen LogP contribution in [0.3, 0.4) is 0 Å². The Kier molecular flexibility index (Phi) is 3.72. The number of aromatic nitrogens is 3. The fraction of sp³-hybridized carbons (Fsp3) is 0.222. The summed E-state index contributed by atoms with van der Waals surface area (Å²) in [7, 11) is 0. The molecule has 6 nitrogen and oxygen atoms in total. The molecule has 0 amide bonds. The fourth-order valence-corrected chi connectivity index (χ4v) is 2.10. The first-order valence-corrected chi connectivity index (χ1v) is 6.08. The third-order valence-corrected chi connectivity index (χ3v) is 3.35. The van der Waals surface area contributed by atoms with Crippen LogP contribution in [0.25, 0.3) is 0 Å². The zero-order valence-corrected chi connectivity index (χ0v) is 10.6. The number of hydrogen-bond donors (Lipinski definition) is 3. The lowest BCUT2D eigenvalue weighted by atomic mass is 10.4. The zero-order chi connectivity index (χ0) is 12.3. The molecule has 2 heterocycles. The van der Waals surface area contributed by atoms with Gasteiger partial charge in [-0.25, -0.2) is 15.8 Å². The highest BCUT2D eigenvalue weighted by Gasteiger charge is 2.06. The number of hydrogen-bond acceptors (Lipinski definition) is 7. The van der Waals surface area contributed by atoms with E-state index >= 15 is 0 Å². The van der Waals surface area contributed by atoms with E-state index in [2.05, 4.69) is 25.7 Å². The minimum atomic E-state index is 0.318. The lowest BCUT2D eigenvalue weighted by Gasteiger charge is -2.07. The molecule has 0 saturated heterocycles. The minimum absolute atomic E-state index is 0.318. The lowest BCUT2D eigenvalue weighted by Crippen LogP contribution is -2.12. The van der Waals surface area contributed by atoms with Crippen molar-refractivity contribution in [2.24, 2.45) is 5.84 Å². The summed E-state index contributed by atoms with van der Waals surface area (Å²) in [6.07, 6.45) is 1.49. The Hall–Kier alpha value is -1.44. The van der Waals surface area contributed by atoms with E-state index in [4.69, 9.17) is 17.4 Å². The van der Waals surface area contributed by atoms with Gasteiger partial charge in [0.15, 0.2) is 5.82 Å². The van der Waals surface area contributed by atoms with Crippen molar-refractivity contribution in [1.82, 2.24) is 15.0 Å². The predicted molar refractivity (Wildman–Crippen MR) is 69.0 cm³/mol. The Morgan fingerprint density at radius 1 is 1.47 bits per heavy atom. The third-order valence-electron chi connectivity index (χ3n) is 2.13. The number of aryl methyl sites for hydroxylation is 1. The molecule has 2 rings (SSSR count). The van der Waals surface area contributed by atoms with Crippen LogP contribution < -0.4 is 16.6 Å². The first-order chi connectivity index (χ1) is 8.20. The summed E-state index contributed by atoms with van der Waals surface area (Å²) in [5, 5.41) is 3.57. The average molecular weight is 271 g/mol. The minimum Gasteiger partial charge on any atom is -0.364 e. The average Bonchev–Trinajstić information content (AvgIpc) is 2.74. The molecular formula is C9H11ClN6S. The highest BCUT2D eigenvalue weighted by Crippen LogP contribution is 2.21. The molecular weight excluding hydrogens is 260 g/mol. The standard InChI is InChI=1S/C9H11ClN6S/c1-5-7(17-4-14-5)3-12-8-6(10)2-13-9(15-8)16-11/h2,4H,3,11H2,1H3,(H2,12,13,15,16). The number of nitrogens with one attached hydrogen (secondary N) is 2. The number of nitrogens with zero attached hydrogens (tertiary/aromatic N) is 3. The van der Waals surface area contributed by atoms with E-state index in [1.807, 2.05) is 6.92 Å². The van der Waals surface area contributed by atoms with Gasteiger partial charge in [-0.1, -0.05) is 11.6 Å². The molecule has 4 N–H and O–H groups in total. The summed E-state index contributed by atoms with van der Waals surface area (Å²) in [4.78, 5) is 13.3. The van der Waals surface area contributed by atoms with Crippen molar-refractivity contribution >= 4 is 34.7 Å². The quantitative estimate of drug-likeness (QED) is 0.580. The molecule has 90 valence electrons. The molecule has 0 aliphatic carbocycles. The highest BCUT2D eigenvalue weighted by atomic mass is 35.5. The van der Waals surface area contributed by atoms with Crippen LogP contribution in [0.5, 0.6) is 0 Å². The molecule has 0 saturated carbocycles. The molecule has 0 aliphatic rings. The van der Waals surface area contributed by atoms with E-state index in [9.17, 15) is 0 Å². The number of nitrogen functional groups attached to an aromatic ring is 1. The van der Waals surface area contributed by atoms with Gasteiger partial charge in [-0.2, -0.15) is 4.98 Å². The molecule has 0 aromatic carbocycles. The Morgan fingerprint density at radius 2 is 2.29 bits per heavy atom. The fourth-order valence-electron chi connectivity index (χ4n) is 1.22. The molecule has 0 aliphatic heterocycles. The Labute approximate surface area is 107 Å². The Morgan fingerprint density at radius 3 is 2.94 bits per heavy atom. The van der Waals surface area contributed by atoms with Crippen molar-refractivity contribution in [1.29, 1.82) is 0 Å². The molecule has 17 heavy (non-hydrogen) atoms. The van der Waals surface area contributed by atoms with Gasteiger partial charge < -0.3 is 5.32 Å². The number of thiazole rings is 1. The second kappa shape index (κ2) is 5.26. The first kappa shape index (κ1) is 12.0. The van der Waals surface area contributed by atoms with Crippen LogP contribution in [0.2, 0.25) is 5.02 Å². The van der Waals surface area contributed by atoms with Crippen molar-refractivity contribution in [3.05, 3.63) is 27.3 Å². The van der Waals surface area contributed by atoms with E-state index < -0.39 is 0 Å². The van der Waals surface area contributed by atoms with Crippen LogP contribution in [0, 0.1) is 6.92 Å². The monoisotopic (exact) mass is 270 g/mol. The van der Waals surface area contributed by atoms with Crippen molar-refractivity contribution in [3.63, 3.8) is 0 Å². The number of hydrazine groups is 1. The molecule has 0 bridgehead atoms. The van der Waals surface area contributed by atoms with Crippen LogP contribution in [0.1, 0.15) is 10.6 Å². The molecule has 2 aromatic rings. The van der Waals surface area contributed by atoms with Crippen LogP contribution >= 0.6 is 22.9 Å². The number of nitrogens with two attached hydrogens (primary N) is 1. The molecule has 0 radical (unpaired) electrons. The third kappa shape index (κ3) is 2.82. The number of anilines is 2. The SMILES string of the molecule is Cc1ncsc1CNc1nc(NN)ncc1Cl. The lowest BCUT2D eigenvalue weighted by molar-refractivity contribution is 1.06. The normalized spacial score (nSPS) is 10.3. The van der Waals surface area contributed by atoms with Gasteiger partial charge in [0.2, 0.25) is 5.95 Å². The van der Waals surface area contributed by atoms with Crippen LogP contribution in [-0.2, 0) is 6.54 Å². The van der Waals surface area contributed by atoms with E-state index in [1.165, 1.54) is 6.20 Å². The number of halogens is 1. The second-order valence-electron chi connectivity index (χ2n) is 3.25. The summed E-state index contributed by atoms with van der Waals surface area (Å²) in [6, 6.07) is 0. The molecule has 0 atom stereocenters. The largest absolute Gasteiger partial charge is 0.364 e. The zero-order valence-electron chi connectivity index (χ0n) is 9.07. The van der Waals surface area contributed by atoms with Gasteiger partial charge in [0.25, 0.3) is 0 Å². The summed E-state index contributed by atoms with van der Waals surface area (Å²) in [6.45, 7) is 2.58. The topological polar surface area (TPSA) is 88.8 Å². The van der Waals surface area contributed by atoms with Gasteiger partial charge in [0, 0.05) is 4.88 Å². The molecule has 0 fully saturated rings. The van der Waals surface area contributed by atoms with Crippen molar-refractivity contribution < 1.29 is 0 Å². The van der Waals surface area contributed by atoms with E-state index in [0.717, 1.165) is 10.6 Å².